The fraction of sp³-hybridized carbons (Fsp3) is 0.600. The quantitative estimate of drug-likeness (QED) is 0.712. The molecule has 1 atom stereocenters. The molecule has 1 aromatic rings. The molecule has 3 N–H and O–H groups in total. The standard InChI is InChI=1S/C10H15N3O4S/c1-6-8(5-11-12-6)18(16,17)13-10(2,9(14)15)7-3-4-7/h5,7,13H,3-4H2,1-2H3,(H,11,12)(H,14,15). The van der Waals surface area contributed by atoms with Crippen molar-refractivity contribution in [3.8, 4) is 0 Å². The van der Waals surface area contributed by atoms with Gasteiger partial charge in [0.05, 0.1) is 11.9 Å². The first kappa shape index (κ1) is 13.0. The van der Waals surface area contributed by atoms with Crippen LogP contribution >= 0.6 is 0 Å². The molecule has 1 heterocycles. The van der Waals surface area contributed by atoms with Crippen molar-refractivity contribution in [3.63, 3.8) is 0 Å². The second-order valence-electron chi connectivity index (χ2n) is 4.75. The first-order valence-electron chi connectivity index (χ1n) is 5.54. The first-order chi connectivity index (χ1) is 8.27. The van der Waals surface area contributed by atoms with Gasteiger partial charge in [0.25, 0.3) is 0 Å². The summed E-state index contributed by atoms with van der Waals surface area (Å²) in [4.78, 5) is 11.3. The molecule has 0 amide bonds. The molecule has 1 unspecified atom stereocenters. The number of nitrogens with one attached hydrogen (secondary N) is 2. The minimum Gasteiger partial charge on any atom is -0.480 e. The Kier molecular flexibility index (Phi) is 2.94. The Morgan fingerprint density at radius 3 is 2.61 bits per heavy atom. The summed E-state index contributed by atoms with van der Waals surface area (Å²) in [7, 11) is -3.88. The molecule has 0 bridgehead atoms. The van der Waals surface area contributed by atoms with Crippen LogP contribution in [0.5, 0.6) is 0 Å². The lowest BCUT2D eigenvalue weighted by molar-refractivity contribution is -0.144. The molecular weight excluding hydrogens is 258 g/mol. The predicted molar refractivity (Wildman–Crippen MR) is 62.4 cm³/mol. The van der Waals surface area contributed by atoms with Crippen LogP contribution in [0.25, 0.3) is 0 Å². The van der Waals surface area contributed by atoms with E-state index in [1.807, 2.05) is 0 Å². The molecule has 1 aliphatic rings. The van der Waals surface area contributed by atoms with Gasteiger partial charge >= 0.3 is 5.97 Å². The van der Waals surface area contributed by atoms with Crippen molar-refractivity contribution >= 4 is 16.0 Å². The van der Waals surface area contributed by atoms with Crippen molar-refractivity contribution in [2.24, 2.45) is 5.92 Å². The summed E-state index contributed by atoms with van der Waals surface area (Å²) in [6, 6.07) is 0. The number of aryl methyl sites for hydroxylation is 1. The maximum Gasteiger partial charge on any atom is 0.324 e. The molecule has 1 aliphatic carbocycles. The molecule has 2 rings (SSSR count). The highest BCUT2D eigenvalue weighted by Gasteiger charge is 2.50. The van der Waals surface area contributed by atoms with Crippen LogP contribution in [0, 0.1) is 12.8 Å². The number of sulfonamides is 1. The summed E-state index contributed by atoms with van der Waals surface area (Å²) in [6.45, 7) is 2.97. The largest absolute Gasteiger partial charge is 0.480 e. The van der Waals surface area contributed by atoms with Gasteiger partial charge in [0.1, 0.15) is 10.4 Å². The van der Waals surface area contributed by atoms with E-state index in [1.165, 1.54) is 13.1 Å². The van der Waals surface area contributed by atoms with Gasteiger partial charge in [0, 0.05) is 0 Å². The molecular formula is C10H15N3O4S. The maximum absolute atomic E-state index is 12.1. The molecule has 8 heteroatoms. The van der Waals surface area contributed by atoms with E-state index in [1.54, 1.807) is 6.92 Å². The van der Waals surface area contributed by atoms with Crippen LogP contribution in [0.15, 0.2) is 11.1 Å². The summed E-state index contributed by atoms with van der Waals surface area (Å²) >= 11 is 0. The van der Waals surface area contributed by atoms with Crippen molar-refractivity contribution in [1.82, 2.24) is 14.9 Å². The lowest BCUT2D eigenvalue weighted by Gasteiger charge is -2.25. The number of carboxylic acids is 1. The number of H-pyrrole nitrogens is 1. The molecule has 0 aliphatic heterocycles. The number of carbonyl (C=O) groups is 1. The van der Waals surface area contributed by atoms with Crippen molar-refractivity contribution in [3.05, 3.63) is 11.9 Å². The van der Waals surface area contributed by atoms with E-state index in [0.717, 1.165) is 12.8 Å². The first-order valence-corrected chi connectivity index (χ1v) is 7.03. The number of nitrogens with zero attached hydrogens (tertiary/aromatic N) is 1. The Labute approximate surface area is 105 Å². The van der Waals surface area contributed by atoms with Gasteiger partial charge in [0.15, 0.2) is 0 Å². The number of rotatable bonds is 5. The summed E-state index contributed by atoms with van der Waals surface area (Å²) in [5.74, 6) is -1.31. The van der Waals surface area contributed by atoms with Gasteiger partial charge in [-0.05, 0) is 32.6 Å². The van der Waals surface area contributed by atoms with E-state index in [0.29, 0.717) is 5.69 Å². The van der Waals surface area contributed by atoms with Crippen LogP contribution in [-0.2, 0) is 14.8 Å². The number of carboxylic acid groups (broad SMARTS) is 1. The SMILES string of the molecule is Cc1[nH]ncc1S(=O)(=O)NC(C)(C(=O)O)C1CC1. The van der Waals surface area contributed by atoms with Gasteiger partial charge in [-0.15, -0.1) is 0 Å². The van der Waals surface area contributed by atoms with Crippen LogP contribution in [0.2, 0.25) is 0 Å². The lowest BCUT2D eigenvalue weighted by atomic mass is 9.98. The fourth-order valence-electron chi connectivity index (χ4n) is 1.91. The molecule has 7 nitrogen and oxygen atoms in total. The Morgan fingerprint density at radius 1 is 1.61 bits per heavy atom. The van der Waals surface area contributed by atoms with Gasteiger partial charge in [-0.3, -0.25) is 9.89 Å². The third-order valence-corrected chi connectivity index (χ3v) is 4.94. The second-order valence-corrected chi connectivity index (χ2v) is 6.40. The summed E-state index contributed by atoms with van der Waals surface area (Å²) in [5, 5.41) is 15.4. The van der Waals surface area contributed by atoms with Gasteiger partial charge < -0.3 is 5.11 Å². The minimum absolute atomic E-state index is 0.0179. The lowest BCUT2D eigenvalue weighted by Crippen LogP contribution is -2.53. The highest BCUT2D eigenvalue weighted by Crippen LogP contribution is 2.40. The molecule has 0 radical (unpaired) electrons. The van der Waals surface area contributed by atoms with Crippen molar-refractivity contribution in [2.45, 2.75) is 37.1 Å². The Morgan fingerprint density at radius 2 is 2.22 bits per heavy atom. The second kappa shape index (κ2) is 4.06. The van der Waals surface area contributed by atoms with Crippen LogP contribution in [0.3, 0.4) is 0 Å². The third-order valence-electron chi connectivity index (χ3n) is 3.26. The molecule has 1 aromatic heterocycles. The van der Waals surface area contributed by atoms with Crippen LogP contribution in [-0.4, -0.2) is 35.2 Å². The van der Waals surface area contributed by atoms with Crippen molar-refractivity contribution in [2.75, 3.05) is 0 Å². The normalized spacial score (nSPS) is 19.4. The fourth-order valence-corrected chi connectivity index (χ4v) is 3.47. The smallest absolute Gasteiger partial charge is 0.324 e. The van der Waals surface area contributed by atoms with E-state index in [9.17, 15) is 18.3 Å². The third kappa shape index (κ3) is 2.13. The monoisotopic (exact) mass is 273 g/mol. The highest BCUT2D eigenvalue weighted by molar-refractivity contribution is 7.89. The molecule has 18 heavy (non-hydrogen) atoms. The van der Waals surface area contributed by atoms with Crippen LogP contribution < -0.4 is 4.72 Å². The summed E-state index contributed by atoms with van der Waals surface area (Å²) in [6.07, 6.45) is 2.61. The van der Waals surface area contributed by atoms with E-state index < -0.39 is 21.5 Å². The molecule has 1 fully saturated rings. The van der Waals surface area contributed by atoms with E-state index >= 15 is 0 Å². The average molecular weight is 273 g/mol. The number of hydrogen-bond acceptors (Lipinski definition) is 4. The molecule has 0 aromatic carbocycles. The van der Waals surface area contributed by atoms with Gasteiger partial charge in [-0.2, -0.15) is 9.82 Å². The number of aromatic amines is 1. The topological polar surface area (TPSA) is 112 Å². The Bertz CT molecular complexity index is 576. The van der Waals surface area contributed by atoms with Crippen LogP contribution in [0.4, 0.5) is 0 Å². The Hall–Kier alpha value is -1.41. The van der Waals surface area contributed by atoms with Gasteiger partial charge in [-0.25, -0.2) is 8.42 Å². The van der Waals surface area contributed by atoms with Gasteiger partial charge in [-0.1, -0.05) is 0 Å². The zero-order valence-corrected chi connectivity index (χ0v) is 10.9. The molecule has 100 valence electrons. The maximum atomic E-state index is 12.1. The summed E-state index contributed by atoms with van der Waals surface area (Å²) in [5.41, 5.74) is -1.08. The molecule has 0 spiro atoms. The number of aromatic nitrogens is 2. The van der Waals surface area contributed by atoms with Gasteiger partial charge in [0.2, 0.25) is 10.0 Å². The predicted octanol–water partition coefficient (Wildman–Crippen LogP) is 0.250. The highest BCUT2D eigenvalue weighted by atomic mass is 32.2. The minimum atomic E-state index is -3.88. The van der Waals surface area contributed by atoms with Crippen LogP contribution in [0.1, 0.15) is 25.5 Å². The van der Waals surface area contributed by atoms with Crippen molar-refractivity contribution < 1.29 is 18.3 Å². The number of aliphatic carboxylic acids is 1. The zero-order valence-electron chi connectivity index (χ0n) is 10.1. The average Bonchev–Trinajstić information content (AvgIpc) is 3.00. The van der Waals surface area contributed by atoms with E-state index in [4.69, 9.17) is 0 Å². The molecule has 0 saturated heterocycles. The van der Waals surface area contributed by atoms with E-state index in [-0.39, 0.29) is 10.8 Å². The van der Waals surface area contributed by atoms with Crippen molar-refractivity contribution in [1.29, 1.82) is 0 Å². The molecule has 1 saturated carbocycles. The number of hydrogen-bond donors (Lipinski definition) is 3. The summed E-state index contributed by atoms with van der Waals surface area (Å²) < 4.78 is 26.6. The van der Waals surface area contributed by atoms with E-state index in [2.05, 4.69) is 14.9 Å². The Balaban J connectivity index is 2.33. The zero-order chi connectivity index (χ0) is 13.6.